The Balaban J connectivity index is 1.41. The molecule has 13 heteroatoms. The van der Waals surface area contributed by atoms with Gasteiger partial charge < -0.3 is 25.5 Å². The van der Waals surface area contributed by atoms with Crippen LogP contribution in [0.3, 0.4) is 0 Å². The van der Waals surface area contributed by atoms with Crippen LogP contribution in [0.25, 0.3) is 0 Å². The Labute approximate surface area is 201 Å². The summed E-state index contributed by atoms with van der Waals surface area (Å²) in [5, 5.41) is 29.7. The van der Waals surface area contributed by atoms with Crippen molar-refractivity contribution in [2.24, 2.45) is 4.99 Å². The Morgan fingerprint density at radius 2 is 1.91 bits per heavy atom. The molecule has 0 unspecified atom stereocenters. The predicted octanol–water partition coefficient (Wildman–Crippen LogP) is 0.227. The molecule has 0 saturated carbocycles. The maximum absolute atomic E-state index is 12.8. The van der Waals surface area contributed by atoms with Crippen LogP contribution in [-0.4, -0.2) is 87.7 Å². The zero-order valence-corrected chi connectivity index (χ0v) is 19.8. The number of Topliss-reactive ketones (excluding diaryl/α,β-unsaturated/α-hetero) is 1. The maximum atomic E-state index is 12.8. The quantitative estimate of drug-likeness (QED) is 0.140. The highest BCUT2D eigenvalue weighted by Crippen LogP contribution is 2.45. The standard InChI is InChI=1S/C22H27N3O9S/c1-22(19(21(31)32)25-17(29)10-18(25)35(22,33)34)12-23-11-14(26)5-3-2-4-8-24-20(30)13-6-7-15(27)16(28)9-13/h6-7,9,12,18-19,27-28H,2-5,8,10-11H2,1H3,(H,24,30)(H,31,32)/t18-,19+,22+/m1/s1. The third kappa shape index (κ3) is 4.99. The number of rotatable bonds is 11. The summed E-state index contributed by atoms with van der Waals surface area (Å²) in [6.45, 7) is 1.24. The van der Waals surface area contributed by atoms with Crippen LogP contribution in [0.5, 0.6) is 11.5 Å². The van der Waals surface area contributed by atoms with Gasteiger partial charge in [0.25, 0.3) is 5.91 Å². The molecule has 3 rings (SSSR count). The molecule has 2 aliphatic rings. The number of aliphatic carboxylic acids is 1. The molecule has 12 nitrogen and oxygen atoms in total. The van der Waals surface area contributed by atoms with Crippen LogP contribution in [0.2, 0.25) is 0 Å². The fraction of sp³-hybridized carbons (Fsp3) is 0.500. The second-order valence-corrected chi connectivity index (χ2v) is 11.2. The van der Waals surface area contributed by atoms with Crippen LogP contribution in [-0.2, 0) is 24.2 Å². The molecular formula is C22H27N3O9S. The zero-order chi connectivity index (χ0) is 26.0. The lowest BCUT2D eigenvalue weighted by atomic mass is 9.97. The van der Waals surface area contributed by atoms with Crippen molar-refractivity contribution in [3.63, 3.8) is 0 Å². The van der Waals surface area contributed by atoms with Crippen LogP contribution in [0.1, 0.15) is 49.4 Å². The maximum Gasteiger partial charge on any atom is 0.328 e. The Hall–Kier alpha value is -3.48. The van der Waals surface area contributed by atoms with E-state index < -0.39 is 49.5 Å². The van der Waals surface area contributed by atoms with E-state index in [1.165, 1.54) is 19.1 Å². The van der Waals surface area contributed by atoms with Gasteiger partial charge in [-0.2, -0.15) is 0 Å². The Morgan fingerprint density at radius 1 is 1.20 bits per heavy atom. The number of fused-ring (bicyclic) bond motifs is 1. The number of ketones is 1. The van der Waals surface area contributed by atoms with Gasteiger partial charge in [0.1, 0.15) is 10.1 Å². The second kappa shape index (κ2) is 10.0. The van der Waals surface area contributed by atoms with Crippen molar-refractivity contribution in [1.82, 2.24) is 10.2 Å². The highest BCUT2D eigenvalue weighted by molar-refractivity contribution is 7.94. The zero-order valence-electron chi connectivity index (χ0n) is 19.0. The van der Waals surface area contributed by atoms with Crippen molar-refractivity contribution in [2.45, 2.75) is 55.2 Å². The first-order chi connectivity index (χ1) is 16.4. The summed E-state index contributed by atoms with van der Waals surface area (Å²) >= 11 is 0. The van der Waals surface area contributed by atoms with E-state index in [-0.39, 0.29) is 36.5 Å². The average molecular weight is 510 g/mol. The number of aromatic hydroxyl groups is 2. The van der Waals surface area contributed by atoms with Crippen LogP contribution in [0.15, 0.2) is 23.2 Å². The number of carboxylic acid groups (broad SMARTS) is 1. The van der Waals surface area contributed by atoms with Crippen molar-refractivity contribution in [2.75, 3.05) is 13.1 Å². The van der Waals surface area contributed by atoms with E-state index in [4.69, 9.17) is 0 Å². The summed E-state index contributed by atoms with van der Waals surface area (Å²) < 4.78 is 23.6. The molecule has 0 spiro atoms. The number of hydrogen-bond acceptors (Lipinski definition) is 9. The van der Waals surface area contributed by atoms with E-state index in [9.17, 15) is 42.9 Å². The smallest absolute Gasteiger partial charge is 0.328 e. The van der Waals surface area contributed by atoms with Gasteiger partial charge in [0.15, 0.2) is 33.2 Å². The van der Waals surface area contributed by atoms with Gasteiger partial charge in [-0.25, -0.2) is 13.2 Å². The number of amides is 2. The highest BCUT2D eigenvalue weighted by Gasteiger charge is 2.69. The summed E-state index contributed by atoms with van der Waals surface area (Å²) in [5.41, 5.74) is 0.200. The Morgan fingerprint density at radius 3 is 2.54 bits per heavy atom. The summed E-state index contributed by atoms with van der Waals surface area (Å²) in [5.74, 6) is -3.37. The Kier molecular flexibility index (Phi) is 7.48. The number of phenols is 2. The number of sulfone groups is 1. The molecule has 2 aliphatic heterocycles. The largest absolute Gasteiger partial charge is 0.504 e. The van der Waals surface area contributed by atoms with Gasteiger partial charge in [0.2, 0.25) is 5.91 Å². The number of nitrogens with zero attached hydrogens (tertiary/aromatic N) is 2. The SMILES string of the molecule is C[C@]1(C=NCC(=O)CCCCCNC(=O)c2ccc(O)c(O)c2)[C@H](C(=O)O)N2C(=O)C[C@H]2S1(=O)=O. The summed E-state index contributed by atoms with van der Waals surface area (Å²) in [4.78, 5) is 52.3. The van der Waals surface area contributed by atoms with Gasteiger partial charge >= 0.3 is 5.97 Å². The first-order valence-electron chi connectivity index (χ1n) is 11.0. The summed E-state index contributed by atoms with van der Waals surface area (Å²) in [7, 11) is -4.01. The van der Waals surface area contributed by atoms with Crippen molar-refractivity contribution < 1.29 is 42.9 Å². The number of hydrogen-bond donors (Lipinski definition) is 4. The van der Waals surface area contributed by atoms with E-state index in [1.807, 2.05) is 0 Å². The molecule has 1 aromatic rings. The monoisotopic (exact) mass is 509 g/mol. The van der Waals surface area contributed by atoms with E-state index in [2.05, 4.69) is 10.3 Å². The number of carbonyl (C=O) groups is 4. The molecule has 2 amide bonds. The number of carboxylic acids is 1. The van der Waals surface area contributed by atoms with Crippen molar-refractivity contribution in [1.29, 1.82) is 0 Å². The Bertz CT molecular complexity index is 1180. The van der Waals surface area contributed by atoms with Gasteiger partial charge in [-0.05, 0) is 38.0 Å². The third-order valence-electron chi connectivity index (χ3n) is 6.24. The van der Waals surface area contributed by atoms with Crippen LogP contribution in [0, 0.1) is 0 Å². The van der Waals surface area contributed by atoms with Crippen molar-refractivity contribution >= 4 is 39.6 Å². The van der Waals surface area contributed by atoms with Crippen LogP contribution < -0.4 is 5.32 Å². The molecule has 1 aromatic carbocycles. The van der Waals surface area contributed by atoms with E-state index in [0.717, 1.165) is 17.2 Å². The molecule has 4 N–H and O–H groups in total. The molecule has 2 fully saturated rings. The van der Waals surface area contributed by atoms with Crippen LogP contribution in [0.4, 0.5) is 0 Å². The highest BCUT2D eigenvalue weighted by atomic mass is 32.2. The van der Waals surface area contributed by atoms with E-state index in [1.54, 1.807) is 0 Å². The van der Waals surface area contributed by atoms with E-state index in [0.29, 0.717) is 25.8 Å². The minimum Gasteiger partial charge on any atom is -0.504 e. The molecule has 0 aliphatic carbocycles. The van der Waals surface area contributed by atoms with Crippen LogP contribution >= 0.6 is 0 Å². The molecule has 0 radical (unpaired) electrons. The van der Waals surface area contributed by atoms with Gasteiger partial charge in [-0.3, -0.25) is 19.4 Å². The lowest BCUT2D eigenvalue weighted by Gasteiger charge is -2.35. The number of phenolic OH excluding ortho intramolecular Hbond substituents is 2. The number of β-lactam (4-membered cyclic amide) rings is 1. The van der Waals surface area contributed by atoms with Gasteiger partial charge in [0.05, 0.1) is 13.0 Å². The fourth-order valence-electron chi connectivity index (χ4n) is 4.20. The summed E-state index contributed by atoms with van der Waals surface area (Å²) in [6, 6.07) is 2.15. The number of aliphatic imine (C=N–C) groups is 1. The van der Waals surface area contributed by atoms with Gasteiger partial charge in [-0.1, -0.05) is 6.42 Å². The van der Waals surface area contributed by atoms with Crippen molar-refractivity contribution in [3.05, 3.63) is 23.8 Å². The number of carbonyl (C=O) groups excluding carboxylic acids is 3. The fourth-order valence-corrected chi connectivity index (χ4v) is 6.44. The second-order valence-electron chi connectivity index (χ2n) is 8.71. The van der Waals surface area contributed by atoms with Gasteiger partial charge in [-0.15, -0.1) is 0 Å². The molecular weight excluding hydrogens is 482 g/mol. The predicted molar refractivity (Wildman–Crippen MR) is 123 cm³/mol. The number of nitrogens with one attached hydrogen (secondary N) is 1. The molecule has 190 valence electrons. The lowest BCUT2D eigenvalue weighted by molar-refractivity contribution is -0.156. The minimum absolute atomic E-state index is 0.177. The topological polar surface area (TPSA) is 191 Å². The first-order valence-corrected chi connectivity index (χ1v) is 12.5. The molecule has 35 heavy (non-hydrogen) atoms. The number of benzene rings is 1. The first kappa shape index (κ1) is 26.1. The summed E-state index contributed by atoms with van der Waals surface area (Å²) in [6.07, 6.45) is 2.63. The molecule has 2 heterocycles. The molecule has 0 aromatic heterocycles. The van der Waals surface area contributed by atoms with Gasteiger partial charge in [0, 0.05) is 24.7 Å². The number of unbranched alkanes of at least 4 members (excludes halogenated alkanes) is 2. The molecule has 2 saturated heterocycles. The van der Waals surface area contributed by atoms with Crippen molar-refractivity contribution in [3.8, 4) is 11.5 Å². The van der Waals surface area contributed by atoms with E-state index >= 15 is 0 Å². The lowest BCUT2D eigenvalue weighted by Crippen LogP contribution is -2.57. The normalized spacial score (nSPS) is 24.7. The average Bonchev–Trinajstić information content (AvgIpc) is 2.92. The molecule has 3 atom stereocenters. The molecule has 0 bridgehead atoms. The third-order valence-corrected chi connectivity index (χ3v) is 8.91. The minimum atomic E-state index is -4.01.